The second-order valence-electron chi connectivity index (χ2n) is 8.07. The maximum atomic E-state index is 12.6. The number of aliphatic hydroxyl groups excluding tert-OH is 1. The van der Waals surface area contributed by atoms with Gasteiger partial charge in [0.25, 0.3) is 5.91 Å². The zero-order chi connectivity index (χ0) is 21.2. The largest absolute Gasteiger partial charge is 0.393 e. The number of fused-ring (bicyclic) bond motifs is 1. The molecule has 1 saturated carbocycles. The molecule has 2 heterocycles. The van der Waals surface area contributed by atoms with Crippen molar-refractivity contribution in [2.45, 2.75) is 37.8 Å². The van der Waals surface area contributed by atoms with Gasteiger partial charge in [-0.05, 0) is 37.8 Å². The Morgan fingerprint density at radius 2 is 1.61 bits per heavy atom. The van der Waals surface area contributed by atoms with Crippen LogP contribution in [0.25, 0.3) is 28.2 Å². The van der Waals surface area contributed by atoms with Crippen LogP contribution in [0.3, 0.4) is 0 Å². The van der Waals surface area contributed by atoms with E-state index in [0.29, 0.717) is 5.56 Å². The summed E-state index contributed by atoms with van der Waals surface area (Å²) < 4.78 is 2.03. The maximum absolute atomic E-state index is 12.6. The van der Waals surface area contributed by atoms with Gasteiger partial charge in [-0.15, -0.1) is 0 Å². The Morgan fingerprint density at radius 1 is 0.903 bits per heavy atom. The SMILES string of the molecule is O=C(NC1CCC(O)CC1)c1ccc(-c2ncc3cnc(-c4ccccc4)cn23)cc1. The summed E-state index contributed by atoms with van der Waals surface area (Å²) in [5, 5.41) is 12.7. The Morgan fingerprint density at radius 3 is 2.35 bits per heavy atom. The van der Waals surface area contributed by atoms with Crippen LogP contribution in [0.1, 0.15) is 36.0 Å². The van der Waals surface area contributed by atoms with E-state index in [1.54, 1.807) is 6.20 Å². The number of nitrogens with one attached hydrogen (secondary N) is 1. The third-order valence-corrected chi connectivity index (χ3v) is 5.92. The van der Waals surface area contributed by atoms with Crippen molar-refractivity contribution in [3.05, 3.63) is 78.8 Å². The highest BCUT2D eigenvalue weighted by molar-refractivity contribution is 5.94. The van der Waals surface area contributed by atoms with Gasteiger partial charge in [-0.1, -0.05) is 42.5 Å². The first kappa shape index (κ1) is 19.5. The van der Waals surface area contributed by atoms with Gasteiger partial charge in [0.2, 0.25) is 0 Å². The standard InChI is InChI=1S/C25H24N4O2/c30-22-12-10-20(11-13-22)28-25(31)19-8-6-18(7-9-19)24-27-15-21-14-26-23(16-29(21)24)17-4-2-1-3-5-17/h1-9,14-16,20,22,30H,10-13H2,(H,28,31). The fourth-order valence-electron chi connectivity index (χ4n) is 4.13. The average molecular weight is 412 g/mol. The highest BCUT2D eigenvalue weighted by atomic mass is 16.3. The van der Waals surface area contributed by atoms with E-state index in [4.69, 9.17) is 0 Å². The molecule has 31 heavy (non-hydrogen) atoms. The number of hydrogen-bond acceptors (Lipinski definition) is 4. The summed E-state index contributed by atoms with van der Waals surface area (Å²) in [5.74, 6) is 0.735. The van der Waals surface area contributed by atoms with Crippen LogP contribution in [0.5, 0.6) is 0 Å². The molecule has 0 atom stereocenters. The smallest absolute Gasteiger partial charge is 0.251 e. The molecule has 6 nitrogen and oxygen atoms in total. The van der Waals surface area contributed by atoms with Gasteiger partial charge in [-0.3, -0.25) is 14.2 Å². The van der Waals surface area contributed by atoms with Crippen LogP contribution in [-0.4, -0.2) is 37.5 Å². The van der Waals surface area contributed by atoms with E-state index in [2.05, 4.69) is 15.3 Å². The predicted octanol–water partition coefficient (Wildman–Crippen LogP) is 4.10. The lowest BCUT2D eigenvalue weighted by atomic mass is 9.93. The highest BCUT2D eigenvalue weighted by Crippen LogP contribution is 2.24. The summed E-state index contributed by atoms with van der Waals surface area (Å²) in [6, 6.07) is 17.7. The first-order valence-corrected chi connectivity index (χ1v) is 10.7. The molecule has 0 unspecified atom stereocenters. The van der Waals surface area contributed by atoms with Gasteiger partial charge in [0.05, 0.1) is 29.7 Å². The van der Waals surface area contributed by atoms with Crippen molar-refractivity contribution in [3.63, 3.8) is 0 Å². The minimum atomic E-state index is -0.227. The van der Waals surface area contributed by atoms with Crippen LogP contribution < -0.4 is 5.32 Å². The lowest BCUT2D eigenvalue weighted by molar-refractivity contribution is 0.0867. The first-order valence-electron chi connectivity index (χ1n) is 10.7. The van der Waals surface area contributed by atoms with Gasteiger partial charge in [0.1, 0.15) is 5.82 Å². The number of carbonyl (C=O) groups excluding carboxylic acids is 1. The number of aromatic nitrogens is 3. The molecule has 0 aliphatic heterocycles. The number of amides is 1. The van der Waals surface area contributed by atoms with Crippen LogP contribution in [0.15, 0.2) is 73.2 Å². The molecule has 0 spiro atoms. The molecule has 5 rings (SSSR count). The first-order chi connectivity index (χ1) is 15.2. The summed E-state index contributed by atoms with van der Waals surface area (Å²) >= 11 is 0. The molecular formula is C25H24N4O2. The number of benzene rings is 2. The van der Waals surface area contributed by atoms with Crippen LogP contribution in [0, 0.1) is 0 Å². The predicted molar refractivity (Wildman–Crippen MR) is 120 cm³/mol. The second-order valence-corrected chi connectivity index (χ2v) is 8.07. The van der Waals surface area contributed by atoms with E-state index < -0.39 is 0 Å². The van der Waals surface area contributed by atoms with Crippen molar-refractivity contribution >= 4 is 11.4 Å². The van der Waals surface area contributed by atoms with E-state index in [0.717, 1.165) is 53.8 Å². The minimum absolute atomic E-state index is 0.0727. The summed E-state index contributed by atoms with van der Waals surface area (Å²) in [6.07, 6.45) is 8.52. The molecule has 0 saturated heterocycles. The molecule has 1 aliphatic rings. The molecule has 2 aromatic heterocycles. The number of imidazole rings is 1. The molecule has 0 bridgehead atoms. The van der Waals surface area contributed by atoms with Crippen molar-refractivity contribution < 1.29 is 9.90 Å². The quantitative estimate of drug-likeness (QED) is 0.529. The normalized spacial score (nSPS) is 18.7. The van der Waals surface area contributed by atoms with E-state index >= 15 is 0 Å². The van der Waals surface area contributed by atoms with Crippen LogP contribution in [0.2, 0.25) is 0 Å². The Bertz CT molecular complexity index is 1190. The molecule has 0 radical (unpaired) electrons. The number of nitrogens with zero attached hydrogens (tertiary/aromatic N) is 3. The summed E-state index contributed by atoms with van der Waals surface area (Å²) in [5.41, 5.74) is 4.40. The minimum Gasteiger partial charge on any atom is -0.393 e. The van der Waals surface area contributed by atoms with Gasteiger partial charge in [0, 0.05) is 28.9 Å². The lowest BCUT2D eigenvalue weighted by Gasteiger charge is -2.26. The molecule has 4 aromatic rings. The molecule has 1 aliphatic carbocycles. The number of rotatable bonds is 4. The summed E-state index contributed by atoms with van der Waals surface area (Å²) in [6.45, 7) is 0. The molecule has 2 N–H and O–H groups in total. The number of hydrogen-bond donors (Lipinski definition) is 2. The monoisotopic (exact) mass is 412 g/mol. The maximum Gasteiger partial charge on any atom is 0.251 e. The van der Waals surface area contributed by atoms with Crippen molar-refractivity contribution in [2.75, 3.05) is 0 Å². The van der Waals surface area contributed by atoms with Crippen molar-refractivity contribution in [1.29, 1.82) is 0 Å². The third-order valence-electron chi connectivity index (χ3n) is 5.92. The molecule has 1 amide bonds. The van der Waals surface area contributed by atoms with Crippen molar-refractivity contribution in [3.8, 4) is 22.6 Å². The molecular weight excluding hydrogens is 388 g/mol. The van der Waals surface area contributed by atoms with Gasteiger partial charge in [-0.25, -0.2) is 4.98 Å². The second kappa shape index (κ2) is 8.32. The Kier molecular flexibility index (Phi) is 5.22. The van der Waals surface area contributed by atoms with E-state index in [-0.39, 0.29) is 18.1 Å². The van der Waals surface area contributed by atoms with Gasteiger partial charge in [0.15, 0.2) is 0 Å². The van der Waals surface area contributed by atoms with Crippen LogP contribution in [0.4, 0.5) is 0 Å². The molecule has 2 aromatic carbocycles. The molecule has 156 valence electrons. The van der Waals surface area contributed by atoms with Crippen molar-refractivity contribution in [2.24, 2.45) is 0 Å². The van der Waals surface area contributed by atoms with E-state index in [1.807, 2.05) is 71.4 Å². The van der Waals surface area contributed by atoms with Gasteiger partial charge in [-0.2, -0.15) is 0 Å². The third kappa shape index (κ3) is 4.07. The Balaban J connectivity index is 1.37. The molecule has 6 heteroatoms. The number of carbonyl (C=O) groups is 1. The average Bonchev–Trinajstić information content (AvgIpc) is 3.24. The fraction of sp³-hybridized carbons (Fsp3) is 0.240. The van der Waals surface area contributed by atoms with E-state index in [9.17, 15) is 9.90 Å². The van der Waals surface area contributed by atoms with Crippen molar-refractivity contribution in [1.82, 2.24) is 19.7 Å². The zero-order valence-electron chi connectivity index (χ0n) is 17.1. The number of aliphatic hydroxyl groups is 1. The Labute approximate surface area is 180 Å². The Hall–Kier alpha value is -3.51. The molecule has 1 fully saturated rings. The zero-order valence-corrected chi connectivity index (χ0v) is 17.1. The van der Waals surface area contributed by atoms with Gasteiger partial charge < -0.3 is 10.4 Å². The summed E-state index contributed by atoms with van der Waals surface area (Å²) in [7, 11) is 0. The topological polar surface area (TPSA) is 79.5 Å². The van der Waals surface area contributed by atoms with Crippen LogP contribution >= 0.6 is 0 Å². The van der Waals surface area contributed by atoms with Crippen LogP contribution in [-0.2, 0) is 0 Å². The summed E-state index contributed by atoms with van der Waals surface area (Å²) in [4.78, 5) is 21.7. The lowest BCUT2D eigenvalue weighted by Crippen LogP contribution is -2.38. The highest BCUT2D eigenvalue weighted by Gasteiger charge is 2.21. The van der Waals surface area contributed by atoms with E-state index in [1.165, 1.54) is 0 Å². The fourth-order valence-corrected chi connectivity index (χ4v) is 4.13. The van der Waals surface area contributed by atoms with Gasteiger partial charge >= 0.3 is 0 Å².